The summed E-state index contributed by atoms with van der Waals surface area (Å²) in [5.41, 5.74) is 0. The molecular formula is C8H12N2O3S. The van der Waals surface area contributed by atoms with Crippen molar-refractivity contribution in [3.05, 3.63) is 5.89 Å². The summed E-state index contributed by atoms with van der Waals surface area (Å²) in [5.74, 6) is -0.307. The molecule has 0 radical (unpaired) electrons. The van der Waals surface area contributed by atoms with Crippen LogP contribution >= 0.6 is 11.8 Å². The SMILES string of the molecule is CCC(CC(=O)O)Sc1nnc(C)o1. The molecule has 1 rings (SSSR count). The van der Waals surface area contributed by atoms with E-state index in [1.165, 1.54) is 11.8 Å². The number of nitrogens with zero attached hydrogens (tertiary/aromatic N) is 2. The molecule has 0 aromatic carbocycles. The van der Waals surface area contributed by atoms with Crippen LogP contribution in [0.3, 0.4) is 0 Å². The fourth-order valence-corrected chi connectivity index (χ4v) is 1.87. The van der Waals surface area contributed by atoms with Gasteiger partial charge in [-0.2, -0.15) is 0 Å². The molecule has 0 fully saturated rings. The number of aliphatic carboxylic acids is 1. The molecule has 1 heterocycles. The lowest BCUT2D eigenvalue weighted by molar-refractivity contribution is -0.136. The van der Waals surface area contributed by atoms with Gasteiger partial charge in [-0.3, -0.25) is 4.79 Å². The average molecular weight is 216 g/mol. The number of hydrogen-bond donors (Lipinski definition) is 1. The largest absolute Gasteiger partial charge is 0.481 e. The van der Waals surface area contributed by atoms with Gasteiger partial charge in [0.05, 0.1) is 6.42 Å². The van der Waals surface area contributed by atoms with Gasteiger partial charge in [-0.25, -0.2) is 0 Å². The van der Waals surface area contributed by atoms with Crippen molar-refractivity contribution in [3.63, 3.8) is 0 Å². The number of aryl methyl sites for hydroxylation is 1. The Bertz CT molecular complexity index is 313. The highest BCUT2D eigenvalue weighted by atomic mass is 32.2. The predicted molar refractivity (Wildman–Crippen MR) is 51.2 cm³/mol. The molecule has 0 bridgehead atoms. The number of aromatic nitrogens is 2. The number of thioether (sulfide) groups is 1. The van der Waals surface area contributed by atoms with E-state index in [0.29, 0.717) is 11.1 Å². The van der Waals surface area contributed by atoms with Crippen LogP contribution in [0.5, 0.6) is 0 Å². The highest BCUT2D eigenvalue weighted by Crippen LogP contribution is 2.26. The molecule has 0 saturated carbocycles. The molecule has 1 unspecified atom stereocenters. The highest BCUT2D eigenvalue weighted by Gasteiger charge is 2.15. The van der Waals surface area contributed by atoms with Crippen LogP contribution in [0.25, 0.3) is 0 Å². The van der Waals surface area contributed by atoms with Crippen molar-refractivity contribution in [2.75, 3.05) is 0 Å². The van der Waals surface area contributed by atoms with E-state index in [1.807, 2.05) is 6.92 Å². The molecule has 0 spiro atoms. The molecule has 14 heavy (non-hydrogen) atoms. The van der Waals surface area contributed by atoms with Crippen LogP contribution in [0.1, 0.15) is 25.7 Å². The van der Waals surface area contributed by atoms with E-state index < -0.39 is 5.97 Å². The van der Waals surface area contributed by atoms with E-state index in [2.05, 4.69) is 10.2 Å². The van der Waals surface area contributed by atoms with E-state index in [4.69, 9.17) is 9.52 Å². The van der Waals surface area contributed by atoms with Gasteiger partial charge in [0.2, 0.25) is 5.89 Å². The standard InChI is InChI=1S/C8H12N2O3S/c1-3-6(4-7(11)12)14-8-10-9-5(2)13-8/h6H,3-4H2,1-2H3,(H,11,12). The minimum Gasteiger partial charge on any atom is -0.481 e. The van der Waals surface area contributed by atoms with Crippen LogP contribution < -0.4 is 0 Å². The lowest BCUT2D eigenvalue weighted by Gasteiger charge is -2.07. The number of rotatable bonds is 5. The van der Waals surface area contributed by atoms with Crippen LogP contribution in [0.4, 0.5) is 0 Å². The highest BCUT2D eigenvalue weighted by molar-refractivity contribution is 7.99. The van der Waals surface area contributed by atoms with Gasteiger partial charge in [-0.1, -0.05) is 18.7 Å². The molecule has 1 atom stereocenters. The number of carbonyl (C=O) groups is 1. The maximum absolute atomic E-state index is 10.5. The van der Waals surface area contributed by atoms with Crippen molar-refractivity contribution in [2.45, 2.75) is 37.2 Å². The summed E-state index contributed by atoms with van der Waals surface area (Å²) < 4.78 is 5.15. The van der Waals surface area contributed by atoms with Gasteiger partial charge in [0.1, 0.15) is 0 Å². The molecule has 0 aliphatic heterocycles. The maximum Gasteiger partial charge on any atom is 0.304 e. The monoisotopic (exact) mass is 216 g/mol. The van der Waals surface area contributed by atoms with E-state index in [1.54, 1.807) is 6.92 Å². The topological polar surface area (TPSA) is 76.2 Å². The predicted octanol–water partition coefficient (Wildman–Crippen LogP) is 1.72. The van der Waals surface area contributed by atoms with E-state index in [9.17, 15) is 4.79 Å². The second-order valence-electron chi connectivity index (χ2n) is 2.83. The fourth-order valence-electron chi connectivity index (χ4n) is 0.933. The number of hydrogen-bond acceptors (Lipinski definition) is 5. The van der Waals surface area contributed by atoms with Crippen LogP contribution in [-0.2, 0) is 4.79 Å². The van der Waals surface area contributed by atoms with Crippen LogP contribution in [0, 0.1) is 6.92 Å². The van der Waals surface area contributed by atoms with Crippen molar-refractivity contribution in [2.24, 2.45) is 0 Å². The summed E-state index contributed by atoms with van der Waals surface area (Å²) in [7, 11) is 0. The van der Waals surface area contributed by atoms with E-state index in [0.717, 1.165) is 6.42 Å². The smallest absolute Gasteiger partial charge is 0.304 e. The molecule has 78 valence electrons. The van der Waals surface area contributed by atoms with Crippen LogP contribution in [0.15, 0.2) is 9.64 Å². The molecule has 1 aromatic rings. The summed E-state index contributed by atoms with van der Waals surface area (Å²) >= 11 is 1.32. The van der Waals surface area contributed by atoms with E-state index in [-0.39, 0.29) is 11.7 Å². The van der Waals surface area contributed by atoms with Gasteiger partial charge in [0.15, 0.2) is 0 Å². The van der Waals surface area contributed by atoms with Gasteiger partial charge in [0, 0.05) is 12.2 Å². The lowest BCUT2D eigenvalue weighted by Crippen LogP contribution is -2.08. The molecule has 0 aliphatic carbocycles. The molecular weight excluding hydrogens is 204 g/mol. The third kappa shape index (κ3) is 3.37. The summed E-state index contributed by atoms with van der Waals surface area (Å²) in [6.07, 6.45) is 0.876. The zero-order chi connectivity index (χ0) is 10.6. The Morgan fingerprint density at radius 3 is 2.79 bits per heavy atom. The second kappa shape index (κ2) is 4.99. The average Bonchev–Trinajstić information content (AvgIpc) is 2.49. The summed E-state index contributed by atoms with van der Waals surface area (Å²) in [4.78, 5) is 10.5. The molecule has 1 aromatic heterocycles. The molecule has 0 amide bonds. The summed E-state index contributed by atoms with van der Waals surface area (Å²) in [6, 6.07) is 0. The van der Waals surface area contributed by atoms with Crippen LogP contribution in [-0.4, -0.2) is 26.5 Å². The normalized spacial score (nSPS) is 12.7. The zero-order valence-corrected chi connectivity index (χ0v) is 8.87. The van der Waals surface area contributed by atoms with Crippen molar-refractivity contribution in [1.82, 2.24) is 10.2 Å². The maximum atomic E-state index is 10.5. The van der Waals surface area contributed by atoms with Gasteiger partial charge in [0.25, 0.3) is 5.22 Å². The molecule has 1 N–H and O–H groups in total. The first-order valence-electron chi connectivity index (χ1n) is 4.30. The van der Waals surface area contributed by atoms with Gasteiger partial charge >= 0.3 is 5.97 Å². The third-order valence-electron chi connectivity index (χ3n) is 1.63. The second-order valence-corrected chi connectivity index (χ2v) is 4.08. The van der Waals surface area contributed by atoms with Gasteiger partial charge in [-0.15, -0.1) is 10.2 Å². The molecule has 6 heteroatoms. The number of carboxylic acid groups (broad SMARTS) is 1. The molecule has 0 saturated heterocycles. The van der Waals surface area contributed by atoms with Gasteiger partial charge in [-0.05, 0) is 6.42 Å². The van der Waals surface area contributed by atoms with E-state index >= 15 is 0 Å². The quantitative estimate of drug-likeness (QED) is 0.755. The molecule has 5 nitrogen and oxygen atoms in total. The molecule has 0 aliphatic rings. The Morgan fingerprint density at radius 2 is 2.36 bits per heavy atom. The zero-order valence-electron chi connectivity index (χ0n) is 8.06. The Labute approximate surface area is 85.9 Å². The van der Waals surface area contributed by atoms with Crippen molar-refractivity contribution in [3.8, 4) is 0 Å². The van der Waals surface area contributed by atoms with Crippen LogP contribution in [0.2, 0.25) is 0 Å². The Morgan fingerprint density at radius 1 is 1.64 bits per heavy atom. The minimum absolute atomic E-state index is 0.00708. The summed E-state index contributed by atoms with van der Waals surface area (Å²) in [6.45, 7) is 3.64. The Hall–Kier alpha value is -1.04. The third-order valence-corrected chi connectivity index (χ3v) is 2.83. The Balaban J connectivity index is 2.52. The first kappa shape index (κ1) is 11.0. The minimum atomic E-state index is -0.805. The first-order valence-corrected chi connectivity index (χ1v) is 5.18. The lowest BCUT2D eigenvalue weighted by atomic mass is 10.2. The number of carboxylic acids is 1. The Kier molecular flexibility index (Phi) is 3.94. The summed E-state index contributed by atoms with van der Waals surface area (Å²) in [5, 5.41) is 16.5. The van der Waals surface area contributed by atoms with Crippen molar-refractivity contribution >= 4 is 17.7 Å². The van der Waals surface area contributed by atoms with Gasteiger partial charge < -0.3 is 9.52 Å². The van der Waals surface area contributed by atoms with Crippen molar-refractivity contribution < 1.29 is 14.3 Å². The first-order chi connectivity index (χ1) is 6.61. The fraction of sp³-hybridized carbons (Fsp3) is 0.625. The van der Waals surface area contributed by atoms with Crippen molar-refractivity contribution in [1.29, 1.82) is 0 Å².